The van der Waals surface area contributed by atoms with E-state index >= 15 is 0 Å². The zero-order chi connectivity index (χ0) is 13.1. The third kappa shape index (κ3) is 3.03. The molecule has 0 saturated carbocycles. The van der Waals surface area contributed by atoms with Gasteiger partial charge in [0.2, 0.25) is 0 Å². The summed E-state index contributed by atoms with van der Waals surface area (Å²) in [6.45, 7) is 6.22. The van der Waals surface area contributed by atoms with Crippen LogP contribution in [-0.4, -0.2) is 29.5 Å². The van der Waals surface area contributed by atoms with E-state index in [4.69, 9.17) is 0 Å². The molecule has 1 aliphatic rings. The molecule has 2 aromatic rings. The largest absolute Gasteiger partial charge is 0.313 e. The molecule has 1 unspecified atom stereocenters. The maximum atomic E-state index is 4.66. The Morgan fingerprint density at radius 1 is 1.37 bits per heavy atom. The van der Waals surface area contributed by atoms with Crippen LogP contribution in [-0.2, 0) is 6.54 Å². The van der Waals surface area contributed by atoms with Crippen LogP contribution in [0.15, 0.2) is 35.7 Å². The number of hydrogen-bond donors (Lipinski definition) is 1. The molecule has 1 saturated heterocycles. The fourth-order valence-corrected chi connectivity index (χ4v) is 3.24. The van der Waals surface area contributed by atoms with Crippen molar-refractivity contribution in [3.63, 3.8) is 0 Å². The molecule has 0 radical (unpaired) electrons. The standard InChI is InChI=1S/C15H19N3S/c1-12-17-14(11-19-12)15-9-16-7-8-18(15)10-13-5-3-2-4-6-13/h2-6,11,15-16H,7-10H2,1H3. The Hall–Kier alpha value is -1.23. The van der Waals surface area contributed by atoms with Crippen molar-refractivity contribution in [3.8, 4) is 0 Å². The van der Waals surface area contributed by atoms with Crippen LogP contribution in [0.1, 0.15) is 22.3 Å². The van der Waals surface area contributed by atoms with Gasteiger partial charge in [-0.05, 0) is 12.5 Å². The average Bonchev–Trinajstić information content (AvgIpc) is 2.87. The topological polar surface area (TPSA) is 28.2 Å². The number of hydrogen-bond acceptors (Lipinski definition) is 4. The molecule has 3 rings (SSSR count). The van der Waals surface area contributed by atoms with E-state index in [0.29, 0.717) is 6.04 Å². The minimum atomic E-state index is 0.402. The molecule has 1 fully saturated rings. The summed E-state index contributed by atoms with van der Waals surface area (Å²) in [5, 5.41) is 6.83. The highest BCUT2D eigenvalue weighted by atomic mass is 32.1. The third-order valence-electron chi connectivity index (χ3n) is 3.56. The molecule has 1 aliphatic heterocycles. The van der Waals surface area contributed by atoms with Crippen LogP contribution in [0.3, 0.4) is 0 Å². The number of nitrogens with one attached hydrogen (secondary N) is 1. The molecule has 1 aromatic carbocycles. The molecule has 1 atom stereocenters. The van der Waals surface area contributed by atoms with Gasteiger partial charge in [0.05, 0.1) is 16.7 Å². The van der Waals surface area contributed by atoms with Gasteiger partial charge in [0, 0.05) is 31.6 Å². The molecule has 19 heavy (non-hydrogen) atoms. The number of thiazole rings is 1. The lowest BCUT2D eigenvalue weighted by atomic mass is 10.1. The quantitative estimate of drug-likeness (QED) is 0.931. The van der Waals surface area contributed by atoms with E-state index in [-0.39, 0.29) is 0 Å². The van der Waals surface area contributed by atoms with Gasteiger partial charge in [0.1, 0.15) is 0 Å². The summed E-state index contributed by atoms with van der Waals surface area (Å²) in [5.41, 5.74) is 2.59. The van der Waals surface area contributed by atoms with Gasteiger partial charge >= 0.3 is 0 Å². The van der Waals surface area contributed by atoms with E-state index in [9.17, 15) is 0 Å². The molecule has 0 bridgehead atoms. The summed E-state index contributed by atoms with van der Waals surface area (Å²) in [5.74, 6) is 0. The fraction of sp³-hybridized carbons (Fsp3) is 0.400. The van der Waals surface area contributed by atoms with Crippen molar-refractivity contribution < 1.29 is 0 Å². The van der Waals surface area contributed by atoms with Gasteiger partial charge in [-0.1, -0.05) is 30.3 Å². The summed E-state index contributed by atoms with van der Waals surface area (Å²) in [4.78, 5) is 7.19. The molecule has 100 valence electrons. The maximum Gasteiger partial charge on any atom is 0.0898 e. The highest BCUT2D eigenvalue weighted by Gasteiger charge is 2.25. The lowest BCUT2D eigenvalue weighted by Gasteiger charge is -2.35. The second kappa shape index (κ2) is 5.82. The fourth-order valence-electron chi connectivity index (χ4n) is 2.58. The lowest BCUT2D eigenvalue weighted by Crippen LogP contribution is -2.45. The number of aryl methyl sites for hydroxylation is 1. The molecule has 0 aliphatic carbocycles. The van der Waals surface area contributed by atoms with E-state index in [2.05, 4.69) is 57.8 Å². The number of aromatic nitrogens is 1. The molecular formula is C15H19N3S. The van der Waals surface area contributed by atoms with Crippen LogP contribution >= 0.6 is 11.3 Å². The molecule has 0 spiro atoms. The SMILES string of the molecule is Cc1nc(C2CNCCN2Cc2ccccc2)cs1. The smallest absolute Gasteiger partial charge is 0.0898 e. The number of nitrogens with zero attached hydrogens (tertiary/aromatic N) is 2. The van der Waals surface area contributed by atoms with Gasteiger partial charge < -0.3 is 5.32 Å². The van der Waals surface area contributed by atoms with Gasteiger partial charge in [-0.15, -0.1) is 11.3 Å². The van der Waals surface area contributed by atoms with Gasteiger partial charge in [-0.3, -0.25) is 4.90 Å². The van der Waals surface area contributed by atoms with Crippen LogP contribution in [0.4, 0.5) is 0 Å². The number of piperazine rings is 1. The maximum absolute atomic E-state index is 4.66. The molecular weight excluding hydrogens is 254 g/mol. The zero-order valence-electron chi connectivity index (χ0n) is 11.2. The Bertz CT molecular complexity index is 523. The lowest BCUT2D eigenvalue weighted by molar-refractivity contribution is 0.151. The minimum absolute atomic E-state index is 0.402. The van der Waals surface area contributed by atoms with Crippen molar-refractivity contribution in [1.29, 1.82) is 0 Å². The van der Waals surface area contributed by atoms with Crippen LogP contribution in [0.5, 0.6) is 0 Å². The Morgan fingerprint density at radius 3 is 2.95 bits per heavy atom. The first-order valence-electron chi connectivity index (χ1n) is 6.73. The van der Waals surface area contributed by atoms with Gasteiger partial charge in [-0.2, -0.15) is 0 Å². The molecule has 0 amide bonds. The summed E-state index contributed by atoms with van der Waals surface area (Å²) >= 11 is 1.74. The van der Waals surface area contributed by atoms with Crippen LogP contribution in [0.2, 0.25) is 0 Å². The molecule has 3 nitrogen and oxygen atoms in total. The summed E-state index contributed by atoms with van der Waals surface area (Å²) in [6.07, 6.45) is 0. The average molecular weight is 273 g/mol. The first-order valence-corrected chi connectivity index (χ1v) is 7.61. The highest BCUT2D eigenvalue weighted by molar-refractivity contribution is 7.09. The predicted molar refractivity (Wildman–Crippen MR) is 79.3 cm³/mol. The van der Waals surface area contributed by atoms with Crippen molar-refractivity contribution in [2.75, 3.05) is 19.6 Å². The van der Waals surface area contributed by atoms with E-state index in [0.717, 1.165) is 31.2 Å². The molecule has 1 aromatic heterocycles. The van der Waals surface area contributed by atoms with E-state index in [1.165, 1.54) is 11.3 Å². The van der Waals surface area contributed by atoms with Crippen molar-refractivity contribution >= 4 is 11.3 Å². The number of benzene rings is 1. The van der Waals surface area contributed by atoms with Gasteiger partial charge in [0.25, 0.3) is 0 Å². The second-order valence-corrected chi connectivity index (χ2v) is 6.03. The monoisotopic (exact) mass is 273 g/mol. The van der Waals surface area contributed by atoms with E-state index in [1.54, 1.807) is 11.3 Å². The molecule has 4 heteroatoms. The van der Waals surface area contributed by atoms with Crippen molar-refractivity contribution in [2.24, 2.45) is 0 Å². The summed E-state index contributed by atoms with van der Waals surface area (Å²) in [6, 6.07) is 11.1. The number of rotatable bonds is 3. The van der Waals surface area contributed by atoms with Crippen LogP contribution in [0, 0.1) is 6.92 Å². The van der Waals surface area contributed by atoms with Crippen molar-refractivity contribution in [3.05, 3.63) is 52.0 Å². The second-order valence-electron chi connectivity index (χ2n) is 4.97. The molecule has 2 heterocycles. The Kier molecular flexibility index (Phi) is 3.92. The first-order chi connectivity index (χ1) is 9.33. The third-order valence-corrected chi connectivity index (χ3v) is 4.35. The van der Waals surface area contributed by atoms with Crippen molar-refractivity contribution in [2.45, 2.75) is 19.5 Å². The van der Waals surface area contributed by atoms with E-state index < -0.39 is 0 Å². The van der Waals surface area contributed by atoms with E-state index in [1.807, 2.05) is 0 Å². The predicted octanol–water partition coefficient (Wildman–Crippen LogP) is 2.60. The molecule has 1 N–H and O–H groups in total. The Balaban J connectivity index is 1.77. The van der Waals surface area contributed by atoms with Crippen molar-refractivity contribution in [1.82, 2.24) is 15.2 Å². The normalized spacial score (nSPS) is 20.6. The van der Waals surface area contributed by atoms with Gasteiger partial charge in [0.15, 0.2) is 0 Å². The summed E-state index contributed by atoms with van der Waals surface area (Å²) in [7, 11) is 0. The highest BCUT2D eigenvalue weighted by Crippen LogP contribution is 2.25. The minimum Gasteiger partial charge on any atom is -0.313 e. The van der Waals surface area contributed by atoms with Crippen LogP contribution in [0.25, 0.3) is 0 Å². The van der Waals surface area contributed by atoms with Crippen LogP contribution < -0.4 is 5.32 Å². The first kappa shape index (κ1) is 12.8. The van der Waals surface area contributed by atoms with Gasteiger partial charge in [-0.25, -0.2) is 4.98 Å². The Labute approximate surface area is 118 Å². The zero-order valence-corrected chi connectivity index (χ0v) is 12.0. The Morgan fingerprint density at radius 2 is 2.21 bits per heavy atom. The summed E-state index contributed by atoms with van der Waals surface area (Å²) < 4.78 is 0.